The van der Waals surface area contributed by atoms with Crippen LogP contribution >= 0.6 is 12.2 Å². The molecule has 0 radical (unpaired) electrons. The maximum absolute atomic E-state index is 10.7. The zero-order valence-electron chi connectivity index (χ0n) is 14.2. The Kier molecular flexibility index (Phi) is 5.86. The Hall–Kier alpha value is -3.58. The average Bonchev–Trinajstić information content (AvgIpc) is 2.68. The molecule has 6 nitrogen and oxygen atoms in total. The van der Waals surface area contributed by atoms with Crippen molar-refractivity contribution in [1.82, 2.24) is 0 Å². The molecular weight excluding hydrogens is 360 g/mol. The Morgan fingerprint density at radius 1 is 0.926 bits per heavy atom. The zero-order valence-corrected chi connectivity index (χ0v) is 15.0. The van der Waals surface area contributed by atoms with Gasteiger partial charge in [0.1, 0.15) is 0 Å². The van der Waals surface area contributed by atoms with Crippen LogP contribution in [-0.2, 0) is 0 Å². The average molecular weight is 376 g/mol. The minimum atomic E-state index is -0.430. The molecule has 0 bridgehead atoms. The summed E-state index contributed by atoms with van der Waals surface area (Å²) in [6.07, 6.45) is 1.65. The molecular formula is C20H16N4O2S. The highest BCUT2D eigenvalue weighted by Gasteiger charge is 2.05. The van der Waals surface area contributed by atoms with Crippen molar-refractivity contribution in [1.29, 1.82) is 0 Å². The number of nitro groups is 1. The van der Waals surface area contributed by atoms with Crippen LogP contribution in [0.1, 0.15) is 5.56 Å². The number of nitrogens with zero attached hydrogens (tertiary/aromatic N) is 2. The number of aliphatic imine (C=N–C) groups is 1. The molecule has 134 valence electrons. The van der Waals surface area contributed by atoms with Crippen molar-refractivity contribution in [3.05, 3.63) is 94.5 Å². The Morgan fingerprint density at radius 3 is 2.30 bits per heavy atom. The quantitative estimate of drug-likeness (QED) is 0.278. The van der Waals surface area contributed by atoms with E-state index in [1.165, 1.54) is 12.1 Å². The second-order valence-electron chi connectivity index (χ2n) is 5.57. The minimum Gasteiger partial charge on any atom is -0.332 e. The minimum absolute atomic E-state index is 0.0477. The Morgan fingerprint density at radius 2 is 1.59 bits per heavy atom. The van der Waals surface area contributed by atoms with Crippen molar-refractivity contribution >= 4 is 46.3 Å². The highest BCUT2D eigenvalue weighted by molar-refractivity contribution is 7.80. The zero-order chi connectivity index (χ0) is 19.1. The van der Waals surface area contributed by atoms with Gasteiger partial charge in [-0.2, -0.15) is 0 Å². The molecule has 0 saturated heterocycles. The third-order valence-corrected chi connectivity index (χ3v) is 3.84. The first-order chi connectivity index (χ1) is 13.1. The van der Waals surface area contributed by atoms with Crippen molar-refractivity contribution in [2.24, 2.45) is 4.99 Å². The van der Waals surface area contributed by atoms with Crippen LogP contribution < -0.4 is 10.6 Å². The SMILES string of the molecule is O=[N+]([O-])c1ccc(C=Nc2ccccc2NC(=S)Nc2ccccc2)cc1. The van der Waals surface area contributed by atoms with E-state index in [0.717, 1.165) is 16.9 Å². The van der Waals surface area contributed by atoms with Gasteiger partial charge in [-0.25, -0.2) is 0 Å². The van der Waals surface area contributed by atoms with Crippen LogP contribution in [0.4, 0.5) is 22.7 Å². The van der Waals surface area contributed by atoms with Crippen molar-refractivity contribution in [3.63, 3.8) is 0 Å². The maximum atomic E-state index is 10.7. The molecule has 3 aromatic rings. The maximum Gasteiger partial charge on any atom is 0.269 e. The number of benzene rings is 3. The molecule has 0 aliphatic rings. The molecule has 27 heavy (non-hydrogen) atoms. The normalized spacial score (nSPS) is 10.5. The van der Waals surface area contributed by atoms with Crippen LogP contribution in [0.15, 0.2) is 83.9 Å². The fourth-order valence-electron chi connectivity index (χ4n) is 2.32. The van der Waals surface area contributed by atoms with Gasteiger partial charge < -0.3 is 10.6 Å². The predicted octanol–water partition coefficient (Wildman–Crippen LogP) is 5.15. The molecule has 0 unspecified atom stereocenters. The standard InChI is InChI=1S/C20H16N4O2S/c25-24(26)17-12-10-15(11-13-17)14-21-18-8-4-5-9-19(18)23-20(27)22-16-6-2-1-3-7-16/h1-14H,(H2,22,23,27). The summed E-state index contributed by atoms with van der Waals surface area (Å²) < 4.78 is 0. The molecule has 0 heterocycles. The largest absolute Gasteiger partial charge is 0.332 e. The van der Waals surface area contributed by atoms with Crippen molar-refractivity contribution in [2.45, 2.75) is 0 Å². The van der Waals surface area contributed by atoms with Gasteiger partial charge in [-0.05, 0) is 54.2 Å². The second-order valence-corrected chi connectivity index (χ2v) is 5.98. The van der Waals surface area contributed by atoms with Gasteiger partial charge in [0.2, 0.25) is 0 Å². The van der Waals surface area contributed by atoms with Gasteiger partial charge >= 0.3 is 0 Å². The van der Waals surface area contributed by atoms with Gasteiger partial charge in [0.25, 0.3) is 5.69 Å². The first kappa shape index (κ1) is 18.2. The molecule has 0 aliphatic carbocycles. The fourth-order valence-corrected chi connectivity index (χ4v) is 2.55. The summed E-state index contributed by atoms with van der Waals surface area (Å²) in [6.45, 7) is 0. The highest BCUT2D eigenvalue weighted by atomic mass is 32.1. The summed E-state index contributed by atoms with van der Waals surface area (Å²) in [5.74, 6) is 0. The molecule has 0 atom stereocenters. The molecule has 0 aromatic heterocycles. The van der Waals surface area contributed by atoms with E-state index < -0.39 is 4.92 Å². The van der Waals surface area contributed by atoms with Crippen LogP contribution in [0.2, 0.25) is 0 Å². The number of rotatable bonds is 5. The van der Waals surface area contributed by atoms with E-state index in [4.69, 9.17) is 12.2 Å². The Labute approximate surface area is 161 Å². The Bertz CT molecular complexity index is 973. The lowest BCUT2D eigenvalue weighted by Gasteiger charge is -2.12. The molecule has 7 heteroatoms. The van der Waals surface area contributed by atoms with Crippen LogP contribution in [0, 0.1) is 10.1 Å². The van der Waals surface area contributed by atoms with E-state index in [-0.39, 0.29) is 5.69 Å². The molecule has 2 N–H and O–H groups in total. The molecule has 0 fully saturated rings. The first-order valence-electron chi connectivity index (χ1n) is 8.12. The van der Waals surface area contributed by atoms with Crippen LogP contribution in [0.5, 0.6) is 0 Å². The molecule has 3 rings (SSSR count). The van der Waals surface area contributed by atoms with E-state index in [1.807, 2.05) is 54.6 Å². The van der Waals surface area contributed by atoms with Crippen LogP contribution in [-0.4, -0.2) is 16.3 Å². The van der Waals surface area contributed by atoms with Gasteiger partial charge in [0, 0.05) is 24.0 Å². The van der Waals surface area contributed by atoms with Crippen LogP contribution in [0.3, 0.4) is 0 Å². The van der Waals surface area contributed by atoms with Gasteiger partial charge in [-0.15, -0.1) is 0 Å². The first-order valence-corrected chi connectivity index (χ1v) is 8.53. The lowest BCUT2D eigenvalue weighted by atomic mass is 10.2. The monoisotopic (exact) mass is 376 g/mol. The van der Waals surface area contributed by atoms with Gasteiger partial charge in [0.05, 0.1) is 16.3 Å². The predicted molar refractivity (Wildman–Crippen MR) is 113 cm³/mol. The van der Waals surface area contributed by atoms with E-state index in [0.29, 0.717) is 10.8 Å². The molecule has 0 amide bonds. The molecule has 3 aromatic carbocycles. The second kappa shape index (κ2) is 8.68. The molecule has 0 spiro atoms. The van der Waals surface area contributed by atoms with Crippen molar-refractivity contribution in [2.75, 3.05) is 10.6 Å². The number of hydrogen-bond donors (Lipinski definition) is 2. The van der Waals surface area contributed by atoms with Crippen molar-refractivity contribution < 1.29 is 4.92 Å². The third-order valence-electron chi connectivity index (χ3n) is 3.64. The van der Waals surface area contributed by atoms with E-state index in [1.54, 1.807) is 18.3 Å². The van der Waals surface area contributed by atoms with Crippen molar-refractivity contribution in [3.8, 4) is 0 Å². The lowest BCUT2D eigenvalue weighted by molar-refractivity contribution is -0.384. The smallest absolute Gasteiger partial charge is 0.269 e. The van der Waals surface area contributed by atoms with Crippen LogP contribution in [0.25, 0.3) is 0 Å². The number of hydrogen-bond acceptors (Lipinski definition) is 4. The Balaban J connectivity index is 1.71. The van der Waals surface area contributed by atoms with E-state index in [2.05, 4.69) is 15.6 Å². The topological polar surface area (TPSA) is 79.6 Å². The summed E-state index contributed by atoms with van der Waals surface area (Å²) in [5, 5.41) is 17.4. The third kappa shape index (κ3) is 5.20. The summed E-state index contributed by atoms with van der Waals surface area (Å²) in [5.41, 5.74) is 3.16. The summed E-state index contributed by atoms with van der Waals surface area (Å²) in [6, 6.07) is 23.3. The number of anilines is 2. The summed E-state index contributed by atoms with van der Waals surface area (Å²) in [7, 11) is 0. The van der Waals surface area contributed by atoms with E-state index >= 15 is 0 Å². The molecule has 0 aliphatic heterocycles. The number of para-hydroxylation sites is 3. The number of nitro benzene ring substituents is 1. The number of non-ortho nitro benzene ring substituents is 1. The number of thiocarbonyl (C=S) groups is 1. The summed E-state index contributed by atoms with van der Waals surface area (Å²) in [4.78, 5) is 14.8. The van der Waals surface area contributed by atoms with Gasteiger partial charge in [-0.1, -0.05) is 30.3 Å². The lowest BCUT2D eigenvalue weighted by Crippen LogP contribution is -2.19. The number of nitrogens with one attached hydrogen (secondary N) is 2. The highest BCUT2D eigenvalue weighted by Crippen LogP contribution is 2.24. The van der Waals surface area contributed by atoms with Gasteiger partial charge in [-0.3, -0.25) is 15.1 Å². The van der Waals surface area contributed by atoms with E-state index in [9.17, 15) is 10.1 Å². The fraction of sp³-hybridized carbons (Fsp3) is 0. The van der Waals surface area contributed by atoms with Gasteiger partial charge in [0.15, 0.2) is 5.11 Å². The summed E-state index contributed by atoms with van der Waals surface area (Å²) >= 11 is 5.36. The molecule has 0 saturated carbocycles.